The van der Waals surface area contributed by atoms with E-state index in [-0.39, 0.29) is 0 Å². The Kier molecular flexibility index (Phi) is 2.92. The summed E-state index contributed by atoms with van der Waals surface area (Å²) in [5.41, 5.74) is 1.31. The number of aliphatic carboxylic acids is 1. The molecule has 2 rings (SSSR count). The van der Waals surface area contributed by atoms with E-state index in [1.54, 1.807) is 6.20 Å². The monoisotopic (exact) mass is 220 g/mol. The molecule has 0 radical (unpaired) electrons. The third-order valence-electron chi connectivity index (χ3n) is 3.33. The number of hydrogen-bond donors (Lipinski definition) is 2. The van der Waals surface area contributed by atoms with Gasteiger partial charge in [0.25, 0.3) is 0 Å². The Morgan fingerprint density at radius 3 is 2.88 bits per heavy atom. The van der Waals surface area contributed by atoms with Crippen LogP contribution >= 0.6 is 0 Å². The maximum atomic E-state index is 11.1. The lowest BCUT2D eigenvalue weighted by atomic mass is 9.77. The summed E-state index contributed by atoms with van der Waals surface area (Å²) in [4.78, 5) is 15.4. The molecular weight excluding hydrogens is 204 g/mol. The van der Waals surface area contributed by atoms with Gasteiger partial charge in [-0.05, 0) is 37.8 Å². The zero-order valence-corrected chi connectivity index (χ0v) is 9.36. The number of nitrogens with zero attached hydrogens (tertiary/aromatic N) is 1. The third kappa shape index (κ3) is 1.93. The molecule has 0 bridgehead atoms. The molecule has 0 atom stereocenters. The normalized spacial score (nSPS) is 17.8. The Hall–Kier alpha value is -1.42. The standard InChI is InChI=1S/C12H16N2O2/c1-9-4-2-7-13-10(9)8-14-12(11(15)16)5-3-6-12/h2,4,7,14H,3,5-6,8H2,1H3,(H,15,16). The smallest absolute Gasteiger partial charge is 0.323 e. The highest BCUT2D eigenvalue weighted by molar-refractivity contribution is 5.79. The van der Waals surface area contributed by atoms with Gasteiger partial charge >= 0.3 is 5.97 Å². The summed E-state index contributed by atoms with van der Waals surface area (Å²) >= 11 is 0. The van der Waals surface area contributed by atoms with E-state index in [2.05, 4.69) is 10.3 Å². The lowest BCUT2D eigenvalue weighted by molar-refractivity contribution is -0.148. The SMILES string of the molecule is Cc1cccnc1CNC1(C(=O)O)CCC1. The van der Waals surface area contributed by atoms with Crippen molar-refractivity contribution >= 4 is 5.97 Å². The average Bonchev–Trinajstić information content (AvgIpc) is 2.18. The van der Waals surface area contributed by atoms with Crippen molar-refractivity contribution in [1.29, 1.82) is 0 Å². The van der Waals surface area contributed by atoms with Crippen LogP contribution in [0.3, 0.4) is 0 Å². The van der Waals surface area contributed by atoms with Crippen molar-refractivity contribution in [2.45, 2.75) is 38.3 Å². The number of carboxylic acid groups (broad SMARTS) is 1. The van der Waals surface area contributed by atoms with Gasteiger partial charge in [-0.25, -0.2) is 0 Å². The van der Waals surface area contributed by atoms with Crippen LogP contribution in [0.25, 0.3) is 0 Å². The third-order valence-corrected chi connectivity index (χ3v) is 3.33. The van der Waals surface area contributed by atoms with Crippen molar-refractivity contribution < 1.29 is 9.90 Å². The average molecular weight is 220 g/mol. The molecule has 0 unspecified atom stereocenters. The van der Waals surface area contributed by atoms with Gasteiger partial charge in [-0.2, -0.15) is 0 Å². The molecule has 86 valence electrons. The van der Waals surface area contributed by atoms with Crippen molar-refractivity contribution in [2.24, 2.45) is 0 Å². The second-order valence-corrected chi connectivity index (χ2v) is 4.36. The summed E-state index contributed by atoms with van der Waals surface area (Å²) in [6, 6.07) is 3.87. The first-order chi connectivity index (χ1) is 7.64. The zero-order valence-electron chi connectivity index (χ0n) is 9.36. The molecule has 1 fully saturated rings. The van der Waals surface area contributed by atoms with Gasteiger partial charge in [0.15, 0.2) is 0 Å². The maximum Gasteiger partial charge on any atom is 0.323 e. The molecule has 1 aromatic heterocycles. The quantitative estimate of drug-likeness (QED) is 0.807. The van der Waals surface area contributed by atoms with Crippen molar-refractivity contribution in [3.8, 4) is 0 Å². The molecule has 1 aromatic rings. The van der Waals surface area contributed by atoms with Crippen LogP contribution in [0.15, 0.2) is 18.3 Å². The van der Waals surface area contributed by atoms with Gasteiger partial charge in [0.1, 0.15) is 5.54 Å². The second-order valence-electron chi connectivity index (χ2n) is 4.36. The lowest BCUT2D eigenvalue weighted by Gasteiger charge is -2.38. The van der Waals surface area contributed by atoms with E-state index in [1.165, 1.54) is 0 Å². The molecule has 0 aromatic carbocycles. The Morgan fingerprint density at radius 1 is 1.62 bits per heavy atom. The fourth-order valence-electron chi connectivity index (χ4n) is 1.95. The number of hydrogen-bond acceptors (Lipinski definition) is 3. The molecule has 0 spiro atoms. The number of pyridine rings is 1. The zero-order chi connectivity index (χ0) is 11.6. The largest absolute Gasteiger partial charge is 0.480 e. The van der Waals surface area contributed by atoms with E-state index in [4.69, 9.17) is 5.11 Å². The highest BCUT2D eigenvalue weighted by Gasteiger charge is 2.43. The van der Waals surface area contributed by atoms with Crippen molar-refractivity contribution in [3.05, 3.63) is 29.6 Å². The molecule has 1 aliphatic carbocycles. The number of carbonyl (C=O) groups is 1. The van der Waals surface area contributed by atoms with Crippen molar-refractivity contribution in [2.75, 3.05) is 0 Å². The Morgan fingerprint density at radius 2 is 2.38 bits per heavy atom. The highest BCUT2D eigenvalue weighted by atomic mass is 16.4. The maximum absolute atomic E-state index is 11.1. The number of carboxylic acids is 1. The van der Waals surface area contributed by atoms with Gasteiger partial charge in [-0.3, -0.25) is 15.1 Å². The van der Waals surface area contributed by atoms with Gasteiger partial charge in [0.05, 0.1) is 5.69 Å². The number of aromatic nitrogens is 1. The summed E-state index contributed by atoms with van der Waals surface area (Å²) in [5.74, 6) is -0.743. The molecule has 0 amide bonds. The first kappa shape index (κ1) is 11.1. The second kappa shape index (κ2) is 4.22. The van der Waals surface area contributed by atoms with E-state index >= 15 is 0 Å². The lowest BCUT2D eigenvalue weighted by Crippen LogP contribution is -2.56. The molecule has 4 nitrogen and oxygen atoms in total. The Labute approximate surface area is 94.7 Å². The van der Waals surface area contributed by atoms with Gasteiger partial charge < -0.3 is 5.11 Å². The van der Waals surface area contributed by atoms with Crippen LogP contribution in [0.4, 0.5) is 0 Å². The molecular formula is C12H16N2O2. The number of nitrogens with one attached hydrogen (secondary N) is 1. The summed E-state index contributed by atoms with van der Waals surface area (Å²) < 4.78 is 0. The van der Waals surface area contributed by atoms with E-state index in [0.717, 1.165) is 17.7 Å². The molecule has 4 heteroatoms. The summed E-state index contributed by atoms with van der Waals surface area (Å²) in [6.07, 6.45) is 4.15. The first-order valence-corrected chi connectivity index (χ1v) is 5.53. The predicted molar refractivity (Wildman–Crippen MR) is 60.0 cm³/mol. The molecule has 0 aliphatic heterocycles. The first-order valence-electron chi connectivity index (χ1n) is 5.53. The summed E-state index contributed by atoms with van der Waals surface area (Å²) in [6.45, 7) is 2.51. The molecule has 0 saturated heterocycles. The van der Waals surface area contributed by atoms with Gasteiger partial charge in [-0.1, -0.05) is 6.07 Å². The van der Waals surface area contributed by atoms with E-state index in [0.29, 0.717) is 19.4 Å². The fourth-order valence-corrected chi connectivity index (χ4v) is 1.95. The predicted octanol–water partition coefficient (Wildman–Crippen LogP) is 1.49. The van der Waals surface area contributed by atoms with E-state index in [9.17, 15) is 4.79 Å². The van der Waals surface area contributed by atoms with Crippen molar-refractivity contribution in [3.63, 3.8) is 0 Å². The number of rotatable bonds is 4. The van der Waals surface area contributed by atoms with Crippen molar-refractivity contribution in [1.82, 2.24) is 10.3 Å². The van der Waals surface area contributed by atoms with Gasteiger partial charge in [0, 0.05) is 12.7 Å². The van der Waals surface area contributed by atoms with Crippen LogP contribution in [0, 0.1) is 6.92 Å². The summed E-state index contributed by atoms with van der Waals surface area (Å²) in [5, 5.41) is 12.3. The van der Waals surface area contributed by atoms with Crippen LogP contribution in [0.1, 0.15) is 30.5 Å². The van der Waals surface area contributed by atoms with Crippen LogP contribution in [0.2, 0.25) is 0 Å². The number of aryl methyl sites for hydroxylation is 1. The minimum Gasteiger partial charge on any atom is -0.480 e. The van der Waals surface area contributed by atoms with Crippen LogP contribution < -0.4 is 5.32 Å². The van der Waals surface area contributed by atoms with E-state index in [1.807, 2.05) is 19.1 Å². The Bertz CT molecular complexity index is 400. The summed E-state index contributed by atoms with van der Waals surface area (Å²) in [7, 11) is 0. The van der Waals surface area contributed by atoms with Crippen LogP contribution in [0.5, 0.6) is 0 Å². The topological polar surface area (TPSA) is 62.2 Å². The Balaban J connectivity index is 2.02. The van der Waals surface area contributed by atoms with Crippen LogP contribution in [-0.4, -0.2) is 21.6 Å². The minimum absolute atomic E-state index is 0.527. The highest BCUT2D eigenvalue weighted by Crippen LogP contribution is 2.32. The van der Waals surface area contributed by atoms with Crippen LogP contribution in [-0.2, 0) is 11.3 Å². The molecule has 1 aliphatic rings. The molecule has 1 heterocycles. The molecule has 2 N–H and O–H groups in total. The fraction of sp³-hybridized carbons (Fsp3) is 0.500. The van der Waals surface area contributed by atoms with Gasteiger partial charge in [0.2, 0.25) is 0 Å². The molecule has 16 heavy (non-hydrogen) atoms. The minimum atomic E-state index is -0.743. The van der Waals surface area contributed by atoms with E-state index < -0.39 is 11.5 Å². The van der Waals surface area contributed by atoms with Gasteiger partial charge in [-0.15, -0.1) is 0 Å². The molecule has 1 saturated carbocycles.